The molecule has 62 valence electrons. The standard InChI is InChI=1S/C7H11BrN2O/c1-6(11-2)4-10-5-7(8)3-9-10/h3,5-6H,4H2,1-2H3. The van der Waals surface area contributed by atoms with E-state index in [1.165, 1.54) is 0 Å². The van der Waals surface area contributed by atoms with Crippen LogP contribution < -0.4 is 0 Å². The Kier molecular flexibility index (Phi) is 3.08. The van der Waals surface area contributed by atoms with Crippen LogP contribution in [0.15, 0.2) is 16.9 Å². The van der Waals surface area contributed by atoms with Crippen LogP contribution in [-0.4, -0.2) is 23.0 Å². The molecular formula is C7H11BrN2O. The predicted molar refractivity (Wildman–Crippen MR) is 46.4 cm³/mol. The van der Waals surface area contributed by atoms with Crippen molar-refractivity contribution in [2.24, 2.45) is 0 Å². The average molecular weight is 219 g/mol. The number of halogens is 1. The summed E-state index contributed by atoms with van der Waals surface area (Å²) in [6.07, 6.45) is 3.90. The molecular weight excluding hydrogens is 208 g/mol. The van der Waals surface area contributed by atoms with E-state index in [1.807, 2.05) is 17.8 Å². The largest absolute Gasteiger partial charge is 0.380 e. The van der Waals surface area contributed by atoms with Crippen molar-refractivity contribution in [2.45, 2.75) is 19.6 Å². The quantitative estimate of drug-likeness (QED) is 0.773. The molecule has 0 aliphatic rings. The lowest BCUT2D eigenvalue weighted by Crippen LogP contribution is -2.14. The Hall–Kier alpha value is -0.350. The Bertz CT molecular complexity index is 224. The van der Waals surface area contributed by atoms with Crippen LogP contribution in [0.1, 0.15) is 6.92 Å². The molecule has 0 aliphatic carbocycles. The molecule has 11 heavy (non-hydrogen) atoms. The fourth-order valence-corrected chi connectivity index (χ4v) is 1.10. The lowest BCUT2D eigenvalue weighted by atomic mass is 10.4. The van der Waals surface area contributed by atoms with Gasteiger partial charge in [0.25, 0.3) is 0 Å². The van der Waals surface area contributed by atoms with E-state index in [9.17, 15) is 0 Å². The van der Waals surface area contributed by atoms with Gasteiger partial charge in [-0.25, -0.2) is 0 Å². The van der Waals surface area contributed by atoms with E-state index in [0.29, 0.717) is 0 Å². The molecule has 0 amide bonds. The number of ether oxygens (including phenoxy) is 1. The van der Waals surface area contributed by atoms with Crippen molar-refractivity contribution in [2.75, 3.05) is 7.11 Å². The van der Waals surface area contributed by atoms with Crippen LogP contribution in [0.4, 0.5) is 0 Å². The highest BCUT2D eigenvalue weighted by Gasteiger charge is 2.01. The van der Waals surface area contributed by atoms with Crippen molar-refractivity contribution in [3.8, 4) is 0 Å². The third-order valence-corrected chi connectivity index (χ3v) is 1.86. The summed E-state index contributed by atoms with van der Waals surface area (Å²) in [7, 11) is 1.70. The second-order valence-corrected chi connectivity index (χ2v) is 3.34. The molecule has 0 bridgehead atoms. The Morgan fingerprint density at radius 1 is 1.82 bits per heavy atom. The second kappa shape index (κ2) is 3.88. The second-order valence-electron chi connectivity index (χ2n) is 2.43. The minimum atomic E-state index is 0.210. The highest BCUT2D eigenvalue weighted by molar-refractivity contribution is 9.10. The molecule has 1 atom stereocenters. The summed E-state index contributed by atoms with van der Waals surface area (Å²) >= 11 is 3.32. The smallest absolute Gasteiger partial charge is 0.0739 e. The van der Waals surface area contributed by atoms with Crippen molar-refractivity contribution >= 4 is 15.9 Å². The molecule has 0 spiro atoms. The maximum Gasteiger partial charge on any atom is 0.0739 e. The van der Waals surface area contributed by atoms with Gasteiger partial charge in [-0.1, -0.05) is 0 Å². The van der Waals surface area contributed by atoms with Gasteiger partial charge in [0.15, 0.2) is 0 Å². The highest BCUT2D eigenvalue weighted by atomic mass is 79.9. The van der Waals surface area contributed by atoms with Gasteiger partial charge in [-0.05, 0) is 22.9 Å². The first kappa shape index (κ1) is 8.74. The molecule has 1 rings (SSSR count). The minimum absolute atomic E-state index is 0.210. The molecule has 0 aromatic carbocycles. The van der Waals surface area contributed by atoms with Crippen molar-refractivity contribution < 1.29 is 4.74 Å². The summed E-state index contributed by atoms with van der Waals surface area (Å²) in [6, 6.07) is 0. The lowest BCUT2D eigenvalue weighted by molar-refractivity contribution is 0.0998. The maximum absolute atomic E-state index is 5.09. The van der Waals surface area contributed by atoms with Gasteiger partial charge in [0.1, 0.15) is 0 Å². The summed E-state index contributed by atoms with van der Waals surface area (Å²) in [4.78, 5) is 0. The Labute approximate surface area is 74.5 Å². The van der Waals surface area contributed by atoms with E-state index in [1.54, 1.807) is 13.3 Å². The maximum atomic E-state index is 5.09. The van der Waals surface area contributed by atoms with E-state index in [2.05, 4.69) is 21.0 Å². The zero-order valence-corrected chi connectivity index (χ0v) is 8.21. The Morgan fingerprint density at radius 3 is 3.00 bits per heavy atom. The minimum Gasteiger partial charge on any atom is -0.380 e. The first-order chi connectivity index (χ1) is 5.22. The molecule has 0 fully saturated rings. The van der Waals surface area contributed by atoms with Gasteiger partial charge < -0.3 is 4.74 Å². The van der Waals surface area contributed by atoms with E-state index >= 15 is 0 Å². The molecule has 0 radical (unpaired) electrons. The third-order valence-electron chi connectivity index (χ3n) is 1.45. The Morgan fingerprint density at radius 2 is 2.55 bits per heavy atom. The first-order valence-corrected chi connectivity index (χ1v) is 4.22. The molecule has 1 heterocycles. The van der Waals surface area contributed by atoms with Crippen molar-refractivity contribution in [3.63, 3.8) is 0 Å². The van der Waals surface area contributed by atoms with E-state index in [-0.39, 0.29) is 6.10 Å². The fraction of sp³-hybridized carbons (Fsp3) is 0.571. The molecule has 0 aliphatic heterocycles. The molecule has 0 N–H and O–H groups in total. The zero-order valence-electron chi connectivity index (χ0n) is 6.62. The normalized spacial score (nSPS) is 13.4. The number of hydrogen-bond donors (Lipinski definition) is 0. The first-order valence-electron chi connectivity index (χ1n) is 3.43. The number of methoxy groups -OCH3 is 1. The van der Waals surface area contributed by atoms with E-state index in [4.69, 9.17) is 4.74 Å². The van der Waals surface area contributed by atoms with Crippen LogP contribution in [0.5, 0.6) is 0 Å². The van der Waals surface area contributed by atoms with Crippen molar-refractivity contribution in [1.29, 1.82) is 0 Å². The summed E-state index contributed by atoms with van der Waals surface area (Å²) in [5, 5.41) is 4.09. The van der Waals surface area contributed by atoms with Gasteiger partial charge >= 0.3 is 0 Å². The summed E-state index contributed by atoms with van der Waals surface area (Å²) in [6.45, 7) is 2.80. The van der Waals surface area contributed by atoms with Crippen LogP contribution in [0.25, 0.3) is 0 Å². The van der Waals surface area contributed by atoms with Crippen molar-refractivity contribution in [1.82, 2.24) is 9.78 Å². The molecule has 4 heteroatoms. The fourth-order valence-electron chi connectivity index (χ4n) is 0.776. The number of hydrogen-bond acceptors (Lipinski definition) is 2. The lowest BCUT2D eigenvalue weighted by Gasteiger charge is -2.08. The van der Waals surface area contributed by atoms with Crippen LogP contribution in [0.2, 0.25) is 0 Å². The predicted octanol–water partition coefficient (Wildman–Crippen LogP) is 1.68. The summed E-state index contributed by atoms with van der Waals surface area (Å²) in [5.74, 6) is 0. The van der Waals surface area contributed by atoms with Gasteiger partial charge in [-0.2, -0.15) is 5.10 Å². The average Bonchev–Trinajstić information content (AvgIpc) is 2.35. The topological polar surface area (TPSA) is 27.1 Å². The third kappa shape index (κ3) is 2.63. The van der Waals surface area contributed by atoms with Gasteiger partial charge in [0.2, 0.25) is 0 Å². The van der Waals surface area contributed by atoms with E-state index in [0.717, 1.165) is 11.0 Å². The molecule has 1 unspecified atom stereocenters. The Balaban J connectivity index is 2.50. The molecule has 3 nitrogen and oxygen atoms in total. The summed E-state index contributed by atoms with van der Waals surface area (Å²) in [5.41, 5.74) is 0. The van der Waals surface area contributed by atoms with Gasteiger partial charge in [-0.3, -0.25) is 4.68 Å². The van der Waals surface area contributed by atoms with Gasteiger partial charge in [0.05, 0.1) is 23.3 Å². The number of aromatic nitrogens is 2. The van der Waals surface area contributed by atoms with Gasteiger partial charge in [-0.15, -0.1) is 0 Å². The van der Waals surface area contributed by atoms with Gasteiger partial charge in [0, 0.05) is 13.3 Å². The zero-order chi connectivity index (χ0) is 8.27. The SMILES string of the molecule is COC(C)Cn1cc(Br)cn1. The highest BCUT2D eigenvalue weighted by Crippen LogP contribution is 2.06. The molecule has 1 aromatic heterocycles. The van der Waals surface area contributed by atoms with Crippen LogP contribution >= 0.6 is 15.9 Å². The van der Waals surface area contributed by atoms with Crippen molar-refractivity contribution in [3.05, 3.63) is 16.9 Å². The van der Waals surface area contributed by atoms with E-state index < -0.39 is 0 Å². The number of rotatable bonds is 3. The monoisotopic (exact) mass is 218 g/mol. The number of nitrogens with zero attached hydrogens (tertiary/aromatic N) is 2. The van der Waals surface area contributed by atoms with Crippen LogP contribution in [0, 0.1) is 0 Å². The van der Waals surface area contributed by atoms with Crippen LogP contribution in [-0.2, 0) is 11.3 Å². The molecule has 0 saturated heterocycles. The molecule has 1 aromatic rings. The van der Waals surface area contributed by atoms with Crippen LogP contribution in [0.3, 0.4) is 0 Å². The molecule has 0 saturated carbocycles. The summed E-state index contributed by atoms with van der Waals surface area (Å²) < 4.78 is 7.93.